The second-order valence-corrected chi connectivity index (χ2v) is 6.66. The topological polar surface area (TPSA) is 50.1 Å². The van der Waals surface area contributed by atoms with Crippen molar-refractivity contribution in [3.8, 4) is 5.69 Å². The zero-order chi connectivity index (χ0) is 18.7. The van der Waals surface area contributed by atoms with Crippen LogP contribution in [0.2, 0.25) is 0 Å². The zero-order valence-corrected chi connectivity index (χ0v) is 15.8. The first kappa shape index (κ1) is 17.9. The molecule has 0 spiro atoms. The molecule has 1 aromatic heterocycles. The summed E-state index contributed by atoms with van der Waals surface area (Å²) in [5.41, 5.74) is 6.45. The largest absolute Gasteiger partial charge is 0.294 e. The Morgan fingerprint density at radius 2 is 1.81 bits per heavy atom. The number of aromatic nitrogens is 2. The summed E-state index contributed by atoms with van der Waals surface area (Å²) in [6.45, 7) is 8.18. The first-order valence-electron chi connectivity index (χ1n) is 9.03. The van der Waals surface area contributed by atoms with E-state index in [1.807, 2.05) is 43.3 Å². The third-order valence-electron chi connectivity index (χ3n) is 4.63. The Morgan fingerprint density at radius 3 is 2.46 bits per heavy atom. The van der Waals surface area contributed by atoms with E-state index in [2.05, 4.69) is 38.0 Å². The third-order valence-corrected chi connectivity index (χ3v) is 4.63. The Hall–Kier alpha value is -2.88. The van der Waals surface area contributed by atoms with Crippen LogP contribution in [0, 0.1) is 13.8 Å². The summed E-state index contributed by atoms with van der Waals surface area (Å²) in [6.07, 6.45) is 1.77. The molecule has 0 aliphatic heterocycles. The third kappa shape index (κ3) is 3.54. The molecular formula is C22H25N3O. The summed E-state index contributed by atoms with van der Waals surface area (Å²) >= 11 is 0. The molecule has 0 radical (unpaired) electrons. The van der Waals surface area contributed by atoms with Crippen molar-refractivity contribution in [2.75, 3.05) is 0 Å². The van der Waals surface area contributed by atoms with Crippen LogP contribution in [-0.4, -0.2) is 15.5 Å². The van der Waals surface area contributed by atoms with Gasteiger partial charge < -0.3 is 0 Å². The molecule has 1 heterocycles. The summed E-state index contributed by atoms with van der Waals surface area (Å²) in [7, 11) is 0. The van der Waals surface area contributed by atoms with E-state index in [4.69, 9.17) is 4.99 Å². The van der Waals surface area contributed by atoms with Crippen LogP contribution >= 0.6 is 0 Å². The smallest absolute Gasteiger partial charge is 0.280 e. The molecule has 4 nitrogen and oxygen atoms in total. The standard InChI is InChI=1S/C22H25N3O/c1-5-9-20-21(17(4)23-18-13-12-15(2)16(3)14-18)22(26)25(24-20)19-10-7-6-8-11-19/h6-8,10-14,24H,5,9H2,1-4H3. The molecule has 134 valence electrons. The van der Waals surface area contributed by atoms with Gasteiger partial charge in [-0.3, -0.25) is 14.9 Å². The van der Waals surface area contributed by atoms with E-state index in [1.165, 1.54) is 11.1 Å². The van der Waals surface area contributed by atoms with Gasteiger partial charge in [0.05, 0.1) is 22.6 Å². The molecular weight excluding hydrogens is 322 g/mol. The molecule has 26 heavy (non-hydrogen) atoms. The maximum atomic E-state index is 13.1. The number of benzene rings is 2. The lowest BCUT2D eigenvalue weighted by molar-refractivity contribution is 0.793. The van der Waals surface area contributed by atoms with Crippen LogP contribution in [0.1, 0.15) is 42.7 Å². The van der Waals surface area contributed by atoms with Crippen molar-refractivity contribution in [2.45, 2.75) is 40.5 Å². The number of aryl methyl sites for hydroxylation is 3. The van der Waals surface area contributed by atoms with Gasteiger partial charge in [0.25, 0.3) is 5.56 Å². The number of para-hydroxylation sites is 1. The summed E-state index contributed by atoms with van der Waals surface area (Å²) in [5, 5.41) is 3.28. The fourth-order valence-corrected chi connectivity index (χ4v) is 3.09. The average molecular weight is 347 g/mol. The lowest BCUT2D eigenvalue weighted by atomic mass is 10.1. The van der Waals surface area contributed by atoms with Gasteiger partial charge in [-0.25, -0.2) is 4.68 Å². The molecule has 0 saturated heterocycles. The number of H-pyrrole nitrogens is 1. The van der Waals surface area contributed by atoms with Crippen molar-refractivity contribution in [1.82, 2.24) is 9.78 Å². The van der Waals surface area contributed by atoms with Gasteiger partial charge in [0.2, 0.25) is 0 Å². The molecule has 3 rings (SSSR count). The van der Waals surface area contributed by atoms with Gasteiger partial charge in [0, 0.05) is 5.69 Å². The number of hydrogen-bond acceptors (Lipinski definition) is 2. The minimum absolute atomic E-state index is 0.0512. The van der Waals surface area contributed by atoms with E-state index in [1.54, 1.807) is 4.68 Å². The van der Waals surface area contributed by atoms with Gasteiger partial charge >= 0.3 is 0 Å². The predicted molar refractivity (Wildman–Crippen MR) is 108 cm³/mol. The maximum Gasteiger partial charge on any atom is 0.280 e. The number of hydrogen-bond donors (Lipinski definition) is 1. The lowest BCUT2D eigenvalue weighted by Gasteiger charge is -2.03. The molecule has 1 N–H and O–H groups in total. The number of rotatable bonds is 5. The van der Waals surface area contributed by atoms with Crippen LogP contribution < -0.4 is 5.56 Å². The van der Waals surface area contributed by atoms with Crippen LogP contribution in [0.4, 0.5) is 5.69 Å². The molecule has 4 heteroatoms. The Morgan fingerprint density at radius 1 is 1.08 bits per heavy atom. The van der Waals surface area contributed by atoms with Gasteiger partial charge in [-0.05, 0) is 62.6 Å². The molecule has 0 amide bonds. The average Bonchev–Trinajstić information content (AvgIpc) is 2.95. The van der Waals surface area contributed by atoms with Crippen molar-refractivity contribution in [2.24, 2.45) is 4.99 Å². The Labute approximate surface area is 154 Å². The van der Waals surface area contributed by atoms with E-state index >= 15 is 0 Å². The van der Waals surface area contributed by atoms with Crippen molar-refractivity contribution in [3.63, 3.8) is 0 Å². The van der Waals surface area contributed by atoms with Crippen LogP contribution in [-0.2, 0) is 6.42 Å². The normalized spacial score (nSPS) is 11.8. The molecule has 0 atom stereocenters. The molecule has 2 aromatic carbocycles. The minimum Gasteiger partial charge on any atom is -0.294 e. The maximum absolute atomic E-state index is 13.1. The number of aromatic amines is 1. The van der Waals surface area contributed by atoms with E-state index in [-0.39, 0.29) is 5.56 Å². The highest BCUT2D eigenvalue weighted by Crippen LogP contribution is 2.19. The molecule has 3 aromatic rings. The molecule has 0 bridgehead atoms. The molecule has 0 unspecified atom stereocenters. The molecule has 0 fully saturated rings. The first-order valence-corrected chi connectivity index (χ1v) is 9.03. The fourth-order valence-electron chi connectivity index (χ4n) is 3.09. The van der Waals surface area contributed by atoms with Crippen LogP contribution in [0.15, 0.2) is 58.3 Å². The van der Waals surface area contributed by atoms with E-state index in [0.29, 0.717) is 5.56 Å². The minimum atomic E-state index is -0.0512. The van der Waals surface area contributed by atoms with Crippen molar-refractivity contribution in [1.29, 1.82) is 0 Å². The highest BCUT2D eigenvalue weighted by Gasteiger charge is 2.17. The quantitative estimate of drug-likeness (QED) is 0.657. The van der Waals surface area contributed by atoms with Crippen molar-refractivity contribution >= 4 is 11.4 Å². The fraction of sp³-hybridized carbons (Fsp3) is 0.273. The van der Waals surface area contributed by atoms with Gasteiger partial charge in [-0.2, -0.15) is 0 Å². The highest BCUT2D eigenvalue weighted by atomic mass is 16.1. The SMILES string of the molecule is CCCc1[nH]n(-c2ccccc2)c(=O)c1C(C)=Nc1ccc(C)c(C)c1. The number of nitrogens with zero attached hydrogens (tertiary/aromatic N) is 2. The van der Waals surface area contributed by atoms with Crippen molar-refractivity contribution in [3.05, 3.63) is 81.3 Å². The summed E-state index contributed by atoms with van der Waals surface area (Å²) in [6, 6.07) is 15.8. The van der Waals surface area contributed by atoms with Crippen LogP contribution in [0.25, 0.3) is 5.69 Å². The van der Waals surface area contributed by atoms with Crippen LogP contribution in [0.3, 0.4) is 0 Å². The number of aliphatic imine (C=N–C) groups is 1. The number of nitrogens with one attached hydrogen (secondary N) is 1. The molecule has 0 saturated carbocycles. The van der Waals surface area contributed by atoms with Gasteiger partial charge in [-0.15, -0.1) is 0 Å². The van der Waals surface area contributed by atoms with Gasteiger partial charge in [0.15, 0.2) is 0 Å². The van der Waals surface area contributed by atoms with Gasteiger partial charge in [0.1, 0.15) is 0 Å². The highest BCUT2D eigenvalue weighted by molar-refractivity contribution is 6.01. The van der Waals surface area contributed by atoms with E-state index in [0.717, 1.165) is 35.6 Å². The Balaban J connectivity index is 2.10. The monoisotopic (exact) mass is 347 g/mol. The lowest BCUT2D eigenvalue weighted by Crippen LogP contribution is -2.19. The molecule has 0 aliphatic carbocycles. The predicted octanol–water partition coefficient (Wildman–Crippen LogP) is 4.88. The second-order valence-electron chi connectivity index (χ2n) is 6.66. The molecule has 0 aliphatic rings. The second kappa shape index (κ2) is 7.56. The zero-order valence-electron chi connectivity index (χ0n) is 15.8. The Kier molecular flexibility index (Phi) is 5.21. The van der Waals surface area contributed by atoms with E-state index < -0.39 is 0 Å². The van der Waals surface area contributed by atoms with E-state index in [9.17, 15) is 4.79 Å². The summed E-state index contributed by atoms with van der Waals surface area (Å²) in [4.78, 5) is 17.8. The van der Waals surface area contributed by atoms with Gasteiger partial charge in [-0.1, -0.05) is 37.6 Å². The first-order chi connectivity index (χ1) is 12.5. The Bertz CT molecular complexity index is 994. The summed E-state index contributed by atoms with van der Waals surface area (Å²) < 4.78 is 1.61. The van der Waals surface area contributed by atoms with Crippen molar-refractivity contribution < 1.29 is 0 Å². The summed E-state index contributed by atoms with van der Waals surface area (Å²) in [5.74, 6) is 0. The van der Waals surface area contributed by atoms with Crippen LogP contribution in [0.5, 0.6) is 0 Å².